The Bertz CT molecular complexity index is 662. The van der Waals surface area contributed by atoms with Gasteiger partial charge in [-0.2, -0.15) is 0 Å². The van der Waals surface area contributed by atoms with Crippen LogP contribution in [-0.2, 0) is 4.79 Å². The van der Waals surface area contributed by atoms with Crippen LogP contribution < -0.4 is 5.32 Å². The molecule has 0 aliphatic heterocycles. The second-order valence-electron chi connectivity index (χ2n) is 9.69. The van der Waals surface area contributed by atoms with Crippen LogP contribution in [0.2, 0.25) is 0 Å². The van der Waals surface area contributed by atoms with Gasteiger partial charge in [-0.25, -0.2) is 0 Å². The number of thioether (sulfide) groups is 1. The van der Waals surface area contributed by atoms with Gasteiger partial charge in [-0.15, -0.1) is 10.2 Å². The van der Waals surface area contributed by atoms with Gasteiger partial charge in [0.2, 0.25) is 11.8 Å². The van der Waals surface area contributed by atoms with Crippen molar-refractivity contribution in [2.24, 2.45) is 17.8 Å². The highest BCUT2D eigenvalue weighted by Crippen LogP contribution is 2.55. The van der Waals surface area contributed by atoms with Crippen LogP contribution in [0.15, 0.2) is 9.64 Å². The molecule has 5 aliphatic rings. The van der Waals surface area contributed by atoms with Crippen LogP contribution in [0.25, 0.3) is 0 Å². The first-order chi connectivity index (χ1) is 13.1. The maximum absolute atomic E-state index is 12.9. The van der Waals surface area contributed by atoms with Gasteiger partial charge < -0.3 is 9.73 Å². The Balaban J connectivity index is 1.19. The van der Waals surface area contributed by atoms with E-state index in [9.17, 15) is 4.79 Å². The fraction of sp³-hybridized carbons (Fsp3) is 0.857. The van der Waals surface area contributed by atoms with Crippen LogP contribution in [0.4, 0.5) is 0 Å². The number of hydrogen-bond donors (Lipinski definition) is 1. The van der Waals surface area contributed by atoms with Crippen molar-refractivity contribution in [3.8, 4) is 0 Å². The van der Waals surface area contributed by atoms with Crippen molar-refractivity contribution >= 4 is 17.7 Å². The molecule has 27 heavy (non-hydrogen) atoms. The van der Waals surface area contributed by atoms with Crippen LogP contribution in [0, 0.1) is 17.8 Å². The molecule has 5 aliphatic carbocycles. The second-order valence-corrected chi connectivity index (χ2v) is 11.0. The summed E-state index contributed by atoms with van der Waals surface area (Å²) in [6.45, 7) is 1.96. The molecule has 6 heteroatoms. The molecule has 4 bridgehead atoms. The van der Waals surface area contributed by atoms with Crippen molar-refractivity contribution < 1.29 is 9.21 Å². The Morgan fingerprint density at radius 3 is 2.33 bits per heavy atom. The van der Waals surface area contributed by atoms with Crippen molar-refractivity contribution in [1.82, 2.24) is 15.5 Å². The predicted octanol–water partition coefficient (Wildman–Crippen LogP) is 4.68. The van der Waals surface area contributed by atoms with E-state index in [1.807, 2.05) is 6.92 Å². The molecule has 0 aromatic carbocycles. The summed E-state index contributed by atoms with van der Waals surface area (Å²) >= 11 is 1.41. The third-order valence-corrected chi connectivity index (χ3v) is 8.38. The SMILES string of the molecule is C[C@@H](Sc1nnc(C2CCCCC2)o1)C(=O)NC12CC3CC(CC(C3)C1)C2. The van der Waals surface area contributed by atoms with Crippen LogP contribution in [0.1, 0.15) is 89.4 Å². The van der Waals surface area contributed by atoms with Gasteiger partial charge in [0, 0.05) is 11.5 Å². The predicted molar refractivity (Wildman–Crippen MR) is 104 cm³/mol. The maximum atomic E-state index is 12.9. The van der Waals surface area contributed by atoms with Crippen LogP contribution in [0.3, 0.4) is 0 Å². The van der Waals surface area contributed by atoms with Gasteiger partial charge >= 0.3 is 0 Å². The van der Waals surface area contributed by atoms with E-state index in [1.165, 1.54) is 69.5 Å². The minimum atomic E-state index is -0.197. The lowest BCUT2D eigenvalue weighted by molar-refractivity contribution is -0.126. The van der Waals surface area contributed by atoms with Crippen molar-refractivity contribution in [2.75, 3.05) is 0 Å². The Hall–Kier alpha value is -1.04. The van der Waals surface area contributed by atoms with Gasteiger partial charge in [0.25, 0.3) is 5.22 Å². The van der Waals surface area contributed by atoms with E-state index >= 15 is 0 Å². The summed E-state index contributed by atoms with van der Waals surface area (Å²) in [6.07, 6.45) is 13.9. The molecule has 0 spiro atoms. The van der Waals surface area contributed by atoms with Crippen molar-refractivity contribution in [2.45, 2.75) is 99.5 Å². The zero-order valence-corrected chi connectivity index (χ0v) is 17.1. The molecule has 1 N–H and O–H groups in total. The number of rotatable bonds is 5. The molecule has 6 rings (SSSR count). The van der Waals surface area contributed by atoms with Crippen LogP contribution >= 0.6 is 11.8 Å². The van der Waals surface area contributed by atoms with Crippen LogP contribution in [0.5, 0.6) is 0 Å². The third kappa shape index (κ3) is 3.66. The molecule has 1 amide bonds. The number of hydrogen-bond acceptors (Lipinski definition) is 5. The number of carbonyl (C=O) groups excluding carboxylic acids is 1. The van der Waals surface area contributed by atoms with Gasteiger partial charge in [-0.1, -0.05) is 31.0 Å². The summed E-state index contributed by atoms with van der Waals surface area (Å²) in [7, 11) is 0. The number of aromatic nitrogens is 2. The maximum Gasteiger partial charge on any atom is 0.277 e. The smallest absolute Gasteiger partial charge is 0.277 e. The molecule has 1 atom stereocenters. The van der Waals surface area contributed by atoms with E-state index < -0.39 is 0 Å². The van der Waals surface area contributed by atoms with Gasteiger partial charge in [-0.3, -0.25) is 4.79 Å². The summed E-state index contributed by atoms with van der Waals surface area (Å²) in [5.74, 6) is 3.84. The van der Waals surface area contributed by atoms with Crippen LogP contribution in [-0.4, -0.2) is 26.9 Å². The molecule has 1 heterocycles. The Morgan fingerprint density at radius 2 is 1.70 bits per heavy atom. The van der Waals surface area contributed by atoms with Gasteiger partial charge in [0.05, 0.1) is 5.25 Å². The fourth-order valence-electron chi connectivity index (χ4n) is 6.61. The number of nitrogens with one attached hydrogen (secondary N) is 1. The molecular weight excluding hydrogens is 358 g/mol. The number of carbonyl (C=O) groups is 1. The number of amides is 1. The largest absolute Gasteiger partial charge is 0.416 e. The lowest BCUT2D eigenvalue weighted by atomic mass is 9.53. The topological polar surface area (TPSA) is 68.0 Å². The quantitative estimate of drug-likeness (QED) is 0.740. The highest BCUT2D eigenvalue weighted by Gasteiger charge is 2.51. The molecule has 0 unspecified atom stereocenters. The average molecular weight is 390 g/mol. The first kappa shape index (κ1) is 18.0. The molecule has 0 radical (unpaired) electrons. The lowest BCUT2D eigenvalue weighted by Crippen LogP contribution is -2.60. The van der Waals surface area contributed by atoms with Gasteiger partial charge in [-0.05, 0) is 76.0 Å². The minimum Gasteiger partial charge on any atom is -0.416 e. The van der Waals surface area contributed by atoms with E-state index in [4.69, 9.17) is 4.42 Å². The summed E-state index contributed by atoms with van der Waals surface area (Å²) in [5, 5.41) is 12.3. The molecule has 5 fully saturated rings. The molecule has 148 valence electrons. The fourth-order valence-corrected chi connectivity index (χ4v) is 7.30. The molecule has 5 nitrogen and oxygen atoms in total. The third-order valence-electron chi connectivity index (χ3n) is 7.45. The lowest BCUT2D eigenvalue weighted by Gasteiger charge is -2.57. The first-order valence-corrected chi connectivity index (χ1v) is 11.8. The second kappa shape index (κ2) is 7.09. The summed E-state index contributed by atoms with van der Waals surface area (Å²) in [4.78, 5) is 12.9. The summed E-state index contributed by atoms with van der Waals surface area (Å²) in [5.41, 5.74) is 0.0722. The molecular formula is C21H31N3O2S. The summed E-state index contributed by atoms with van der Waals surface area (Å²) in [6, 6.07) is 0. The number of nitrogens with zero attached hydrogens (tertiary/aromatic N) is 2. The standard InChI is InChI=1S/C21H31N3O2S/c1-13(27-20-24-23-19(26-20)17-5-3-2-4-6-17)18(25)22-21-10-14-7-15(11-21)9-16(8-14)12-21/h13-17H,2-12H2,1H3,(H,22,25)/t13-,14?,15?,16?,21?/m1/s1. The Morgan fingerprint density at radius 1 is 1.07 bits per heavy atom. The zero-order valence-electron chi connectivity index (χ0n) is 16.3. The van der Waals surface area contributed by atoms with E-state index in [0.717, 1.165) is 36.5 Å². The van der Waals surface area contributed by atoms with E-state index in [2.05, 4.69) is 15.5 Å². The van der Waals surface area contributed by atoms with Crippen molar-refractivity contribution in [3.05, 3.63) is 5.89 Å². The Labute approximate surface area is 165 Å². The molecule has 5 saturated carbocycles. The van der Waals surface area contributed by atoms with Crippen molar-refractivity contribution in [3.63, 3.8) is 0 Å². The first-order valence-electron chi connectivity index (χ1n) is 10.9. The van der Waals surface area contributed by atoms with Gasteiger partial charge in [0.1, 0.15) is 0 Å². The Kier molecular flexibility index (Phi) is 4.73. The monoisotopic (exact) mass is 389 g/mol. The van der Waals surface area contributed by atoms with E-state index in [0.29, 0.717) is 11.1 Å². The minimum absolute atomic E-state index is 0.0722. The molecule has 1 aromatic rings. The average Bonchev–Trinajstić information content (AvgIpc) is 3.09. The van der Waals surface area contributed by atoms with Gasteiger partial charge in [0.15, 0.2) is 0 Å². The zero-order chi connectivity index (χ0) is 18.4. The normalized spacial score (nSPS) is 36.7. The molecule has 0 saturated heterocycles. The van der Waals surface area contributed by atoms with Crippen molar-refractivity contribution in [1.29, 1.82) is 0 Å². The van der Waals surface area contributed by atoms with E-state index in [1.54, 1.807) is 0 Å². The highest BCUT2D eigenvalue weighted by molar-refractivity contribution is 8.00. The molecule has 1 aromatic heterocycles. The summed E-state index contributed by atoms with van der Waals surface area (Å²) < 4.78 is 5.90. The highest BCUT2D eigenvalue weighted by atomic mass is 32.2. The van der Waals surface area contributed by atoms with E-state index in [-0.39, 0.29) is 16.7 Å².